The molecule has 0 radical (unpaired) electrons. The highest BCUT2D eigenvalue weighted by molar-refractivity contribution is 8.00. The van der Waals surface area contributed by atoms with Crippen molar-refractivity contribution in [3.8, 4) is 22.6 Å². The molecule has 0 aliphatic heterocycles. The molecule has 3 rings (SSSR count). The van der Waals surface area contributed by atoms with Gasteiger partial charge in [-0.15, -0.1) is 0 Å². The minimum absolute atomic E-state index is 0.00952. The highest BCUT2D eigenvalue weighted by Gasteiger charge is 2.18. The molecule has 8 heteroatoms. The van der Waals surface area contributed by atoms with Crippen LogP contribution in [0.15, 0.2) is 65.6 Å². The third-order valence-electron chi connectivity index (χ3n) is 4.69. The third kappa shape index (κ3) is 5.93. The maximum atomic E-state index is 13.6. The van der Waals surface area contributed by atoms with E-state index in [1.54, 1.807) is 24.3 Å². The molecule has 168 valence electrons. The first-order valence-corrected chi connectivity index (χ1v) is 10.8. The summed E-state index contributed by atoms with van der Waals surface area (Å²) in [5, 5.41) is 20.3. The molecule has 0 aromatic heterocycles. The summed E-state index contributed by atoms with van der Waals surface area (Å²) in [6.07, 6.45) is 0.216. The summed E-state index contributed by atoms with van der Waals surface area (Å²) in [5.41, 5.74) is 1.70. The van der Waals surface area contributed by atoms with Gasteiger partial charge in [-0.3, -0.25) is 0 Å². The number of ether oxygens (including phenoxy) is 2. The third-order valence-corrected chi connectivity index (χ3v) is 5.52. The Bertz CT molecular complexity index is 1090. The summed E-state index contributed by atoms with van der Waals surface area (Å²) in [4.78, 5) is 13.1. The van der Waals surface area contributed by atoms with Gasteiger partial charge in [0.25, 0.3) is 0 Å². The van der Waals surface area contributed by atoms with Crippen LogP contribution in [0, 0.1) is 5.82 Å². The number of methoxy groups -OCH3 is 1. The number of hydrogen-bond acceptors (Lipinski definition) is 7. The Labute approximate surface area is 190 Å². The highest BCUT2D eigenvalue weighted by Crippen LogP contribution is 2.33. The summed E-state index contributed by atoms with van der Waals surface area (Å²) >= 11 is 1.27. The fourth-order valence-electron chi connectivity index (χ4n) is 2.99. The van der Waals surface area contributed by atoms with Gasteiger partial charge in [-0.25, -0.2) is 9.18 Å². The average molecular weight is 458 g/mol. The number of halogens is 1. The van der Waals surface area contributed by atoms with Gasteiger partial charge >= 0.3 is 5.97 Å². The molecule has 3 aromatic rings. The number of rotatable bonds is 9. The molecule has 1 atom stereocenters. The zero-order valence-electron chi connectivity index (χ0n) is 17.7. The number of carbonyl (C=O) groups excluding carboxylic acids is 1. The van der Waals surface area contributed by atoms with Crippen LogP contribution in [0.5, 0.6) is 11.5 Å². The molecule has 3 aromatic carbocycles. The van der Waals surface area contributed by atoms with E-state index in [9.17, 15) is 19.4 Å². The molecule has 0 amide bonds. The van der Waals surface area contributed by atoms with E-state index in [4.69, 9.17) is 9.47 Å². The minimum Gasteiger partial charge on any atom is -0.507 e. The van der Waals surface area contributed by atoms with Crippen molar-refractivity contribution >= 4 is 23.6 Å². The van der Waals surface area contributed by atoms with Gasteiger partial charge in [0.15, 0.2) is 0 Å². The van der Waals surface area contributed by atoms with Crippen molar-refractivity contribution in [2.45, 2.75) is 24.3 Å². The van der Waals surface area contributed by atoms with Gasteiger partial charge in [-0.05, 0) is 66.4 Å². The number of anilines is 1. The molecule has 0 fully saturated rings. The second-order valence-corrected chi connectivity index (χ2v) is 7.90. The molecule has 0 aliphatic carbocycles. The molecular formula is C24H24FNO5S. The molecule has 0 saturated carbocycles. The van der Waals surface area contributed by atoms with E-state index in [0.29, 0.717) is 23.2 Å². The quantitative estimate of drug-likeness (QED) is 0.284. The second-order valence-electron chi connectivity index (χ2n) is 7.02. The summed E-state index contributed by atoms with van der Waals surface area (Å²) in [6, 6.07) is 15.6. The number of nitrogens with one attached hydrogen (secondary N) is 1. The van der Waals surface area contributed by atoms with Crippen LogP contribution in [0.1, 0.15) is 23.7 Å². The Morgan fingerprint density at radius 1 is 1.09 bits per heavy atom. The van der Waals surface area contributed by atoms with Gasteiger partial charge in [0.2, 0.25) is 0 Å². The number of esters is 1. The number of carbonyl (C=O) groups is 1. The standard InChI is InChI=1S/C24H24FNO5S/c1-3-18(14-30-2)31-24(29)20-9-8-17(13-23(20)28)26-32-19-6-4-5-15(11-19)21-12-16(25)7-10-22(21)27/h4-13,18,26-28H,3,14H2,1-2H3. The SMILES string of the molecule is CCC(COC)OC(=O)c1ccc(NSc2cccc(-c3cc(F)ccc3O)c2)cc1O. The Morgan fingerprint density at radius 2 is 1.91 bits per heavy atom. The summed E-state index contributed by atoms with van der Waals surface area (Å²) in [5.74, 6) is -1.26. The van der Waals surface area contributed by atoms with Crippen molar-refractivity contribution in [1.82, 2.24) is 0 Å². The molecule has 6 nitrogen and oxygen atoms in total. The van der Waals surface area contributed by atoms with Crippen molar-refractivity contribution in [1.29, 1.82) is 0 Å². The van der Waals surface area contributed by atoms with Crippen molar-refractivity contribution in [3.05, 3.63) is 72.0 Å². The highest BCUT2D eigenvalue weighted by atomic mass is 32.2. The Hall–Kier alpha value is -3.23. The number of benzene rings is 3. The van der Waals surface area contributed by atoms with Crippen LogP contribution in [0.2, 0.25) is 0 Å². The fraction of sp³-hybridized carbons (Fsp3) is 0.208. The monoisotopic (exact) mass is 457 g/mol. The van der Waals surface area contributed by atoms with E-state index in [-0.39, 0.29) is 29.8 Å². The predicted octanol–water partition coefficient (Wildman–Crippen LogP) is 5.60. The largest absolute Gasteiger partial charge is 0.507 e. The molecule has 32 heavy (non-hydrogen) atoms. The van der Waals surface area contributed by atoms with Gasteiger partial charge in [0.05, 0.1) is 6.61 Å². The van der Waals surface area contributed by atoms with Crippen LogP contribution in [-0.4, -0.2) is 36.0 Å². The first-order valence-electron chi connectivity index (χ1n) is 9.96. The van der Waals surface area contributed by atoms with E-state index in [2.05, 4.69) is 4.72 Å². The lowest BCUT2D eigenvalue weighted by Gasteiger charge is -2.16. The molecule has 0 bridgehead atoms. The van der Waals surface area contributed by atoms with Crippen molar-refractivity contribution in [2.24, 2.45) is 0 Å². The summed E-state index contributed by atoms with van der Waals surface area (Å²) in [6.45, 7) is 2.16. The number of aromatic hydroxyl groups is 2. The van der Waals surface area contributed by atoms with Gasteiger partial charge in [-0.2, -0.15) is 0 Å². The van der Waals surface area contributed by atoms with Crippen LogP contribution in [0.25, 0.3) is 11.1 Å². The Morgan fingerprint density at radius 3 is 2.62 bits per heavy atom. The zero-order valence-corrected chi connectivity index (χ0v) is 18.5. The number of phenols is 2. The van der Waals surface area contributed by atoms with Crippen molar-refractivity contribution in [3.63, 3.8) is 0 Å². The molecule has 0 heterocycles. The normalized spacial score (nSPS) is 11.7. The Kier molecular flexibility index (Phi) is 7.97. The number of phenolic OH excluding ortho intramolecular Hbond substituents is 2. The van der Waals surface area contributed by atoms with Gasteiger partial charge in [-0.1, -0.05) is 19.1 Å². The van der Waals surface area contributed by atoms with Crippen LogP contribution < -0.4 is 4.72 Å². The molecule has 0 aliphatic rings. The Balaban J connectivity index is 1.68. The van der Waals surface area contributed by atoms with Gasteiger partial charge in [0, 0.05) is 29.3 Å². The second kappa shape index (κ2) is 10.9. The minimum atomic E-state index is -0.617. The molecule has 0 spiro atoms. The lowest BCUT2D eigenvalue weighted by Crippen LogP contribution is -2.22. The number of hydrogen-bond donors (Lipinski definition) is 3. The molecule has 0 saturated heterocycles. The average Bonchev–Trinajstić information content (AvgIpc) is 2.79. The van der Waals surface area contributed by atoms with E-state index in [1.165, 1.54) is 49.4 Å². The maximum absolute atomic E-state index is 13.6. The summed E-state index contributed by atoms with van der Waals surface area (Å²) < 4.78 is 27.0. The van der Waals surface area contributed by atoms with E-state index in [1.807, 2.05) is 13.0 Å². The van der Waals surface area contributed by atoms with E-state index in [0.717, 1.165) is 4.90 Å². The van der Waals surface area contributed by atoms with Crippen LogP contribution >= 0.6 is 11.9 Å². The van der Waals surface area contributed by atoms with Gasteiger partial charge in [0.1, 0.15) is 29.0 Å². The lowest BCUT2D eigenvalue weighted by molar-refractivity contribution is 0.00451. The van der Waals surface area contributed by atoms with E-state index < -0.39 is 11.8 Å². The first-order chi connectivity index (χ1) is 15.4. The molecule has 3 N–H and O–H groups in total. The fourth-order valence-corrected chi connectivity index (χ4v) is 3.68. The van der Waals surface area contributed by atoms with Gasteiger partial charge < -0.3 is 24.4 Å². The topological polar surface area (TPSA) is 88.0 Å². The van der Waals surface area contributed by atoms with Crippen LogP contribution in [0.3, 0.4) is 0 Å². The van der Waals surface area contributed by atoms with Crippen molar-refractivity contribution < 1.29 is 28.9 Å². The molecule has 1 unspecified atom stereocenters. The predicted molar refractivity (Wildman–Crippen MR) is 122 cm³/mol. The maximum Gasteiger partial charge on any atom is 0.342 e. The smallest absolute Gasteiger partial charge is 0.342 e. The zero-order chi connectivity index (χ0) is 23.1. The van der Waals surface area contributed by atoms with Crippen LogP contribution in [0.4, 0.5) is 10.1 Å². The lowest BCUT2D eigenvalue weighted by atomic mass is 10.0. The summed E-state index contributed by atoms with van der Waals surface area (Å²) in [7, 11) is 1.53. The van der Waals surface area contributed by atoms with Crippen molar-refractivity contribution in [2.75, 3.05) is 18.4 Å². The first kappa shape index (κ1) is 23.4. The molecular weight excluding hydrogens is 433 g/mol. The van der Waals surface area contributed by atoms with E-state index >= 15 is 0 Å². The van der Waals surface area contributed by atoms with Crippen LogP contribution in [-0.2, 0) is 9.47 Å².